The van der Waals surface area contributed by atoms with Crippen molar-refractivity contribution in [3.8, 4) is 0 Å². The van der Waals surface area contributed by atoms with Crippen LogP contribution in [0.5, 0.6) is 0 Å². The molecule has 0 bridgehead atoms. The molecule has 1 saturated carbocycles. The maximum atomic E-state index is 13.0. The molecule has 0 aliphatic heterocycles. The molecular formula is C21H28N4O. The van der Waals surface area contributed by atoms with Gasteiger partial charge in [-0.3, -0.25) is 4.79 Å². The number of nitrogens with zero attached hydrogens (tertiary/aromatic N) is 3. The summed E-state index contributed by atoms with van der Waals surface area (Å²) in [5.74, 6) is 0.504. The maximum Gasteiger partial charge on any atom is 0.273 e. The van der Waals surface area contributed by atoms with Crippen LogP contribution >= 0.6 is 0 Å². The number of hydrogen-bond acceptors (Lipinski definition) is 4. The lowest BCUT2D eigenvalue weighted by molar-refractivity contribution is 0.0684. The molecule has 0 unspecified atom stereocenters. The summed E-state index contributed by atoms with van der Waals surface area (Å²) in [5.41, 5.74) is 1.56. The van der Waals surface area contributed by atoms with Gasteiger partial charge in [0.1, 0.15) is 5.69 Å². The summed E-state index contributed by atoms with van der Waals surface area (Å²) in [6, 6.07) is 12.3. The number of hydrogen-bond donors (Lipinski definition) is 1. The molecule has 1 N–H and O–H groups in total. The first-order valence-corrected chi connectivity index (χ1v) is 9.58. The number of amides is 1. The smallest absolute Gasteiger partial charge is 0.273 e. The first-order valence-electron chi connectivity index (χ1n) is 9.58. The van der Waals surface area contributed by atoms with Gasteiger partial charge in [-0.25, -0.2) is 9.97 Å². The van der Waals surface area contributed by atoms with Gasteiger partial charge < -0.3 is 10.2 Å². The zero-order chi connectivity index (χ0) is 18.4. The number of carbonyl (C=O) groups is 1. The minimum Gasteiger partial charge on any atom is -0.351 e. The molecule has 3 rings (SSSR count). The van der Waals surface area contributed by atoms with Crippen molar-refractivity contribution in [2.75, 3.05) is 5.32 Å². The van der Waals surface area contributed by atoms with E-state index < -0.39 is 0 Å². The highest BCUT2D eigenvalue weighted by molar-refractivity contribution is 5.92. The summed E-state index contributed by atoms with van der Waals surface area (Å²) in [5, 5.41) is 3.40. The summed E-state index contributed by atoms with van der Waals surface area (Å²) in [6.45, 7) is 4.64. The molecule has 5 nitrogen and oxygen atoms in total. The monoisotopic (exact) mass is 352 g/mol. The zero-order valence-corrected chi connectivity index (χ0v) is 15.7. The van der Waals surface area contributed by atoms with Gasteiger partial charge in [-0.2, -0.15) is 0 Å². The van der Waals surface area contributed by atoms with Gasteiger partial charge >= 0.3 is 0 Å². The van der Waals surface area contributed by atoms with Gasteiger partial charge in [-0.1, -0.05) is 49.6 Å². The summed E-state index contributed by atoms with van der Waals surface area (Å²) in [4.78, 5) is 23.7. The van der Waals surface area contributed by atoms with Crippen molar-refractivity contribution in [3.63, 3.8) is 0 Å². The van der Waals surface area contributed by atoms with Crippen molar-refractivity contribution >= 4 is 11.9 Å². The fourth-order valence-corrected chi connectivity index (χ4v) is 3.39. The number of benzene rings is 1. The van der Waals surface area contributed by atoms with Crippen molar-refractivity contribution in [1.29, 1.82) is 0 Å². The van der Waals surface area contributed by atoms with Gasteiger partial charge in [0, 0.05) is 24.8 Å². The first-order chi connectivity index (χ1) is 12.6. The number of aromatic nitrogens is 2. The SMILES string of the molecule is CC(C)N(Cc1ccccc1)C(=O)c1ccnc(NC2CCCCC2)n1. The highest BCUT2D eigenvalue weighted by Crippen LogP contribution is 2.20. The Balaban J connectivity index is 1.73. The van der Waals surface area contributed by atoms with Gasteiger partial charge in [0.2, 0.25) is 5.95 Å². The molecule has 0 saturated heterocycles. The summed E-state index contributed by atoms with van der Waals surface area (Å²) >= 11 is 0. The van der Waals surface area contributed by atoms with Crippen LogP contribution in [0.1, 0.15) is 62.0 Å². The minimum atomic E-state index is -0.0575. The lowest BCUT2D eigenvalue weighted by Crippen LogP contribution is -2.37. The Morgan fingerprint density at radius 3 is 2.58 bits per heavy atom. The van der Waals surface area contributed by atoms with Crippen LogP contribution in [0.25, 0.3) is 0 Å². The van der Waals surface area contributed by atoms with E-state index in [-0.39, 0.29) is 11.9 Å². The molecule has 1 amide bonds. The summed E-state index contributed by atoms with van der Waals surface area (Å²) in [7, 11) is 0. The zero-order valence-electron chi connectivity index (χ0n) is 15.7. The third-order valence-electron chi connectivity index (χ3n) is 4.89. The fraction of sp³-hybridized carbons (Fsp3) is 0.476. The van der Waals surface area contributed by atoms with Crippen molar-refractivity contribution < 1.29 is 4.79 Å². The molecule has 138 valence electrons. The van der Waals surface area contributed by atoms with E-state index in [0.29, 0.717) is 24.2 Å². The van der Waals surface area contributed by atoms with Gasteiger partial charge in [-0.05, 0) is 38.3 Å². The van der Waals surface area contributed by atoms with E-state index in [1.54, 1.807) is 12.3 Å². The normalized spacial score (nSPS) is 15.0. The molecule has 0 spiro atoms. The van der Waals surface area contributed by atoms with Crippen LogP contribution in [-0.4, -0.2) is 32.9 Å². The summed E-state index contributed by atoms with van der Waals surface area (Å²) < 4.78 is 0. The average molecular weight is 352 g/mol. The molecule has 1 aliphatic rings. The molecule has 2 aromatic rings. The van der Waals surface area contributed by atoms with E-state index in [1.165, 1.54) is 19.3 Å². The Morgan fingerprint density at radius 1 is 1.15 bits per heavy atom. The number of anilines is 1. The van der Waals surface area contributed by atoms with E-state index in [9.17, 15) is 4.79 Å². The van der Waals surface area contributed by atoms with E-state index in [0.717, 1.165) is 18.4 Å². The number of carbonyl (C=O) groups excluding carboxylic acids is 1. The highest BCUT2D eigenvalue weighted by atomic mass is 16.2. The second kappa shape index (κ2) is 8.79. The number of nitrogens with one attached hydrogen (secondary N) is 1. The summed E-state index contributed by atoms with van der Waals surface area (Å²) in [6.07, 6.45) is 7.76. The molecule has 5 heteroatoms. The van der Waals surface area contributed by atoms with Crippen molar-refractivity contribution in [2.45, 2.75) is 64.6 Å². The van der Waals surface area contributed by atoms with Crippen molar-refractivity contribution in [3.05, 3.63) is 53.9 Å². The van der Waals surface area contributed by atoms with Crippen LogP contribution in [0.4, 0.5) is 5.95 Å². The maximum absolute atomic E-state index is 13.0. The van der Waals surface area contributed by atoms with E-state index in [4.69, 9.17) is 0 Å². The fourth-order valence-electron chi connectivity index (χ4n) is 3.39. The molecule has 1 aliphatic carbocycles. The Bertz CT molecular complexity index is 711. The Kier molecular flexibility index (Phi) is 6.21. The van der Waals surface area contributed by atoms with Crippen LogP contribution in [-0.2, 0) is 6.54 Å². The Morgan fingerprint density at radius 2 is 1.88 bits per heavy atom. The largest absolute Gasteiger partial charge is 0.351 e. The number of rotatable bonds is 6. The molecule has 1 aromatic carbocycles. The van der Waals surface area contributed by atoms with E-state index >= 15 is 0 Å². The molecule has 0 radical (unpaired) electrons. The molecule has 1 fully saturated rings. The van der Waals surface area contributed by atoms with Gasteiger partial charge in [0.25, 0.3) is 5.91 Å². The third-order valence-corrected chi connectivity index (χ3v) is 4.89. The van der Waals surface area contributed by atoms with Crippen LogP contribution in [0, 0.1) is 0 Å². The molecule has 1 aromatic heterocycles. The quantitative estimate of drug-likeness (QED) is 0.843. The van der Waals surface area contributed by atoms with Gasteiger partial charge in [0.05, 0.1) is 0 Å². The molecular weight excluding hydrogens is 324 g/mol. The van der Waals surface area contributed by atoms with Gasteiger partial charge in [-0.15, -0.1) is 0 Å². The van der Waals surface area contributed by atoms with Crippen LogP contribution in [0.3, 0.4) is 0 Å². The molecule has 0 atom stereocenters. The average Bonchev–Trinajstić information content (AvgIpc) is 2.67. The Hall–Kier alpha value is -2.43. The van der Waals surface area contributed by atoms with Crippen LogP contribution in [0.15, 0.2) is 42.6 Å². The second-order valence-corrected chi connectivity index (χ2v) is 7.26. The van der Waals surface area contributed by atoms with Crippen molar-refractivity contribution in [2.24, 2.45) is 0 Å². The standard InChI is InChI=1S/C21H28N4O/c1-16(2)25(15-17-9-5-3-6-10-17)20(26)19-13-14-22-21(24-19)23-18-11-7-4-8-12-18/h3,5-6,9-10,13-14,16,18H,4,7-8,11-12,15H2,1-2H3,(H,22,23,24). The predicted molar refractivity (Wildman–Crippen MR) is 104 cm³/mol. The first kappa shape index (κ1) is 18.4. The Labute approximate surface area is 155 Å². The molecule has 1 heterocycles. The van der Waals surface area contributed by atoms with Crippen molar-refractivity contribution in [1.82, 2.24) is 14.9 Å². The lowest BCUT2D eigenvalue weighted by atomic mass is 9.96. The third kappa shape index (κ3) is 4.81. The second-order valence-electron chi connectivity index (χ2n) is 7.26. The van der Waals surface area contributed by atoms with E-state index in [1.807, 2.05) is 49.1 Å². The predicted octanol–water partition coefficient (Wildman–Crippen LogP) is 4.27. The minimum absolute atomic E-state index is 0.0575. The van der Waals surface area contributed by atoms with Crippen LogP contribution in [0.2, 0.25) is 0 Å². The molecule has 26 heavy (non-hydrogen) atoms. The van der Waals surface area contributed by atoms with E-state index in [2.05, 4.69) is 15.3 Å². The van der Waals surface area contributed by atoms with Gasteiger partial charge in [0.15, 0.2) is 0 Å². The highest BCUT2D eigenvalue weighted by Gasteiger charge is 2.21. The lowest BCUT2D eigenvalue weighted by Gasteiger charge is -2.27. The van der Waals surface area contributed by atoms with Crippen LogP contribution < -0.4 is 5.32 Å². The topological polar surface area (TPSA) is 58.1 Å².